The van der Waals surface area contributed by atoms with Crippen LogP contribution in [0.1, 0.15) is 0 Å². The smallest absolute Gasteiger partial charge is 0.357 e. The van der Waals surface area contributed by atoms with Crippen LogP contribution in [0.15, 0.2) is 0 Å². The second kappa shape index (κ2) is 38.7. The van der Waals surface area contributed by atoms with Crippen LogP contribution in [0, 0.1) is 53.9 Å². The maximum absolute atomic E-state index is 8.41. The summed E-state index contributed by atoms with van der Waals surface area (Å²) in [5, 5.41) is 0. The monoisotopic (exact) mass is 532 g/mol. The topological polar surface area (TPSA) is 346 Å². The summed E-state index contributed by atoms with van der Waals surface area (Å²) in [4.78, 5) is 0. The first kappa shape index (κ1) is 44.1. The summed E-state index contributed by atoms with van der Waals surface area (Å²) in [7, 11) is -14.3. The maximum atomic E-state index is 8.41. The van der Waals surface area contributed by atoms with Gasteiger partial charge in [0, 0.05) is 0 Å². The van der Waals surface area contributed by atoms with Gasteiger partial charge < -0.3 is 69.9 Å². The van der Waals surface area contributed by atoms with Crippen molar-refractivity contribution in [3.8, 4) is 0 Å². The van der Waals surface area contributed by atoms with Crippen molar-refractivity contribution in [1.82, 2.24) is 0 Å². The maximum Gasteiger partial charge on any atom is 4.00 e. The van der Waals surface area contributed by atoms with Crippen LogP contribution in [0.5, 0.6) is 0 Å². The quantitative estimate of drug-likeness (QED) is 0.260. The second-order valence-electron chi connectivity index (χ2n) is 0.945. The summed E-state index contributed by atoms with van der Waals surface area (Å²) in [5.41, 5.74) is 0. The van der Waals surface area contributed by atoms with Crippen molar-refractivity contribution >= 4 is 17.4 Å². The van der Waals surface area contributed by atoms with Crippen molar-refractivity contribution in [3.05, 3.63) is 0 Å². The summed E-state index contributed by atoms with van der Waals surface area (Å²) in [5.74, 6) is 0. The van der Waals surface area contributed by atoms with Gasteiger partial charge in [-0.3, -0.25) is 0 Å². The molecule has 0 unspecified atom stereocenters. The molecule has 0 aliphatic rings. The molecule has 22 heteroatoms. The Hall–Kier alpha value is 2.27. The summed E-state index contributed by atoms with van der Waals surface area (Å²) >= 11 is 0. The first-order chi connectivity index (χ1) is 8.66. The molecule has 0 spiro atoms. The molecule has 0 saturated carbocycles. The zero-order valence-corrected chi connectivity index (χ0v) is 16.5. The fraction of sp³-hybridized carbons (Fsp3) is 0. The first-order valence-electron chi connectivity index (χ1n) is 2.31. The van der Waals surface area contributed by atoms with E-state index in [1.165, 1.54) is 0 Å². The van der Waals surface area contributed by atoms with Crippen molar-refractivity contribution < 1.29 is 150 Å². The van der Waals surface area contributed by atoms with E-state index in [2.05, 4.69) is 0 Å². The van der Waals surface area contributed by atoms with E-state index in [0.717, 1.165) is 0 Å². The van der Waals surface area contributed by atoms with Gasteiger partial charge in [0.1, 0.15) is 0 Å². The molecule has 0 radical (unpaired) electrons. The molecule has 0 aromatic heterocycles. The van der Waals surface area contributed by atoms with Crippen LogP contribution in [0.25, 0.3) is 0 Å². The molecule has 0 aromatic carbocycles. The van der Waals surface area contributed by atoms with Gasteiger partial charge in [0.2, 0.25) is 0 Å². The Balaban J connectivity index is -0.0000000250. The van der Waals surface area contributed by atoms with Gasteiger partial charge in [-0.15, -0.1) is 0 Å². The number of hydrogen-bond acceptors (Lipinski definition) is 15. The minimum atomic E-state index is -2.85. The molecule has 0 saturated heterocycles. The van der Waals surface area contributed by atoms with Gasteiger partial charge in [-0.25, -0.2) is 0 Å². The molecule has 0 rings (SSSR count). The Morgan fingerprint density at radius 2 is 0.273 bits per heavy atom. The van der Waals surface area contributed by atoms with E-state index < -0.39 is 53.9 Å². The van der Waals surface area contributed by atoms with Crippen molar-refractivity contribution in [2.75, 3.05) is 0 Å². The Bertz CT molecular complexity index is 86.5. The molecule has 15 nitrogen and oxygen atoms in total. The van der Waals surface area contributed by atoms with Crippen LogP contribution in [0.4, 0.5) is 0 Å². The predicted octanol–water partition coefficient (Wildman–Crippen LogP) is -18.2. The molecule has 22 heavy (non-hydrogen) atoms. The van der Waals surface area contributed by atoms with Crippen LogP contribution in [-0.4, -0.2) is 17.4 Å². The molecule has 0 aromatic rings. The Kier molecular flexibility index (Phi) is 77.5. The van der Waals surface area contributed by atoms with Crippen LogP contribution in [-0.2, 0) is 26.2 Å². The fourth-order valence-electron chi connectivity index (χ4n) is 0. The minimum Gasteiger partial charge on any atom is -0.357 e. The molecule has 0 aliphatic heterocycles. The van der Waals surface area contributed by atoms with E-state index >= 15 is 0 Å². The zero-order chi connectivity index (χ0) is 17.9. The third-order valence-corrected chi connectivity index (χ3v) is 0. The first-order valence-corrected chi connectivity index (χ1v) is 6.94. The van der Waals surface area contributed by atoms with E-state index in [-0.39, 0.29) is 43.6 Å². The molecule has 0 atom stereocenters. The van der Waals surface area contributed by atoms with Gasteiger partial charge in [-0.05, 0) is 0 Å². The SMILES string of the molecule is [Al+3].[O-][Cl+2]([O-])[O-].[O-][Cl+2]([O-])[O-].[O-][Cl+2]([O-])[O-].[O-][Cl+2]([O-])[O-].[O-][Cl+2]([O-])[O-].[Zr+4]. The van der Waals surface area contributed by atoms with Crippen LogP contribution >= 0.6 is 0 Å². The van der Waals surface area contributed by atoms with Gasteiger partial charge in [-0.1, -0.05) is 0 Å². The zero-order valence-electron chi connectivity index (χ0n) is 9.09. The van der Waals surface area contributed by atoms with Crippen LogP contribution in [0.2, 0.25) is 0 Å². The number of halogens is 5. The van der Waals surface area contributed by atoms with Crippen LogP contribution in [0.3, 0.4) is 0 Å². The molecule has 130 valence electrons. The second-order valence-corrected chi connectivity index (χ2v) is 2.83. The fourth-order valence-corrected chi connectivity index (χ4v) is 0. The van der Waals surface area contributed by atoms with E-state index in [1.807, 2.05) is 0 Å². The standard InChI is InChI=1S/Al.5ClO3.Zr/c;5*2-1(3)4;/q+3;5*-1;+4. The number of hydrogen-bond donors (Lipinski definition) is 0. The summed E-state index contributed by atoms with van der Waals surface area (Å²) in [6, 6.07) is 0. The molecule has 0 aliphatic carbocycles. The molecule has 0 heterocycles. The van der Waals surface area contributed by atoms with Gasteiger partial charge in [-0.2, -0.15) is 0 Å². The largest absolute Gasteiger partial charge is 4.00 e. The van der Waals surface area contributed by atoms with E-state index in [4.69, 9.17) is 69.9 Å². The predicted molar refractivity (Wildman–Crippen MR) is 5.75 cm³/mol. The number of rotatable bonds is 0. The van der Waals surface area contributed by atoms with E-state index in [9.17, 15) is 0 Å². The molecular weight excluding hydrogens is 535 g/mol. The van der Waals surface area contributed by atoms with Gasteiger partial charge >= 0.3 is 43.6 Å². The average molecular weight is 535 g/mol. The van der Waals surface area contributed by atoms with Gasteiger partial charge in [0.25, 0.3) is 0 Å². The molecule has 0 bridgehead atoms. The average Bonchev–Trinajstić information content (AvgIpc) is 1.94. The Morgan fingerprint density at radius 3 is 0.273 bits per heavy atom. The Labute approximate surface area is 166 Å². The van der Waals surface area contributed by atoms with Gasteiger partial charge in [0.05, 0.1) is 53.9 Å². The van der Waals surface area contributed by atoms with Gasteiger partial charge in [0.15, 0.2) is 0 Å². The molecule has 0 N–H and O–H groups in total. The Morgan fingerprint density at radius 1 is 0.273 bits per heavy atom. The normalized spacial score (nSPS) is 8.18. The summed E-state index contributed by atoms with van der Waals surface area (Å²) in [6.07, 6.45) is 0. The van der Waals surface area contributed by atoms with Crippen molar-refractivity contribution in [2.45, 2.75) is 0 Å². The van der Waals surface area contributed by atoms with Crippen molar-refractivity contribution in [3.63, 3.8) is 0 Å². The third kappa shape index (κ3) is 1960. The van der Waals surface area contributed by atoms with E-state index in [1.54, 1.807) is 0 Å². The molecule has 0 fully saturated rings. The van der Waals surface area contributed by atoms with Crippen molar-refractivity contribution in [1.29, 1.82) is 0 Å². The summed E-state index contributed by atoms with van der Waals surface area (Å²) < 4.78 is 126. The third-order valence-electron chi connectivity index (χ3n) is 0. The van der Waals surface area contributed by atoms with E-state index in [0.29, 0.717) is 0 Å². The molecular formula is AlCl5O15Zr+2. The minimum absolute atomic E-state index is 0. The van der Waals surface area contributed by atoms with Crippen molar-refractivity contribution in [2.24, 2.45) is 0 Å². The molecule has 0 amide bonds. The summed E-state index contributed by atoms with van der Waals surface area (Å²) in [6.45, 7) is 0. The van der Waals surface area contributed by atoms with Crippen LogP contribution < -0.4 is 69.9 Å².